The molecular weight excluding hydrogens is 357 g/mol. The van der Waals surface area contributed by atoms with Gasteiger partial charge in [-0.15, -0.1) is 11.3 Å². The standard InChI is InChI=1S/C13H7ClFN7OS/c14-9-6(1-5(15)2-18-9)7-3-17-4-22(7)12-8-11(20-21-12)19-13(24-8)10(16)23/h1-4H,(H2,16,23)(H,20,21). The van der Waals surface area contributed by atoms with Crippen molar-refractivity contribution in [2.24, 2.45) is 5.73 Å². The number of amides is 1. The van der Waals surface area contributed by atoms with Crippen molar-refractivity contribution in [3.05, 3.63) is 40.8 Å². The van der Waals surface area contributed by atoms with Crippen molar-refractivity contribution in [3.63, 3.8) is 0 Å². The first-order chi connectivity index (χ1) is 11.5. The molecule has 24 heavy (non-hydrogen) atoms. The van der Waals surface area contributed by atoms with E-state index in [4.69, 9.17) is 17.3 Å². The predicted molar refractivity (Wildman–Crippen MR) is 85.6 cm³/mol. The lowest BCUT2D eigenvalue weighted by molar-refractivity contribution is 0.1000. The van der Waals surface area contributed by atoms with E-state index in [9.17, 15) is 9.18 Å². The molecule has 0 saturated heterocycles. The molecule has 120 valence electrons. The molecule has 11 heteroatoms. The van der Waals surface area contributed by atoms with Gasteiger partial charge in [0.05, 0.1) is 18.1 Å². The van der Waals surface area contributed by atoms with Crippen molar-refractivity contribution < 1.29 is 9.18 Å². The minimum absolute atomic E-state index is 0.132. The highest BCUT2D eigenvalue weighted by atomic mass is 35.5. The van der Waals surface area contributed by atoms with E-state index in [-0.39, 0.29) is 10.2 Å². The van der Waals surface area contributed by atoms with Crippen molar-refractivity contribution in [2.75, 3.05) is 0 Å². The second-order valence-electron chi connectivity index (χ2n) is 4.75. The highest BCUT2D eigenvalue weighted by Crippen LogP contribution is 2.32. The molecule has 0 spiro atoms. The largest absolute Gasteiger partial charge is 0.364 e. The normalized spacial score (nSPS) is 11.2. The van der Waals surface area contributed by atoms with E-state index >= 15 is 0 Å². The first kappa shape index (κ1) is 14.7. The fourth-order valence-corrected chi connectivity index (χ4v) is 3.29. The Bertz CT molecular complexity index is 1090. The maximum atomic E-state index is 13.5. The number of halogens is 2. The molecule has 0 unspecified atom stereocenters. The number of rotatable bonds is 3. The number of fused-ring (bicyclic) bond motifs is 1. The number of pyridine rings is 1. The fourth-order valence-electron chi connectivity index (χ4n) is 2.24. The van der Waals surface area contributed by atoms with Crippen LogP contribution in [0.1, 0.15) is 9.80 Å². The van der Waals surface area contributed by atoms with Crippen molar-refractivity contribution in [2.45, 2.75) is 0 Å². The first-order valence-electron chi connectivity index (χ1n) is 6.53. The van der Waals surface area contributed by atoms with Gasteiger partial charge in [0.25, 0.3) is 5.91 Å². The van der Waals surface area contributed by atoms with Gasteiger partial charge in [-0.05, 0) is 6.07 Å². The van der Waals surface area contributed by atoms with Crippen LogP contribution in [-0.2, 0) is 0 Å². The summed E-state index contributed by atoms with van der Waals surface area (Å²) < 4.78 is 15.7. The summed E-state index contributed by atoms with van der Waals surface area (Å²) in [6.45, 7) is 0. The average Bonchev–Trinajstić information content (AvgIpc) is 3.23. The van der Waals surface area contributed by atoms with E-state index in [1.807, 2.05) is 0 Å². The molecule has 0 aromatic carbocycles. The van der Waals surface area contributed by atoms with E-state index < -0.39 is 11.7 Å². The molecule has 4 aromatic rings. The quantitative estimate of drug-likeness (QED) is 0.541. The fraction of sp³-hybridized carbons (Fsp3) is 0. The third-order valence-electron chi connectivity index (χ3n) is 3.26. The third kappa shape index (κ3) is 2.23. The Morgan fingerprint density at radius 3 is 3.04 bits per heavy atom. The molecule has 8 nitrogen and oxygen atoms in total. The zero-order chi connectivity index (χ0) is 16.8. The van der Waals surface area contributed by atoms with Gasteiger partial charge in [0.2, 0.25) is 0 Å². The van der Waals surface area contributed by atoms with Gasteiger partial charge in [0.1, 0.15) is 22.0 Å². The average molecular weight is 364 g/mol. The number of nitrogens with zero attached hydrogens (tertiary/aromatic N) is 5. The Morgan fingerprint density at radius 2 is 2.25 bits per heavy atom. The Balaban J connectivity index is 1.92. The van der Waals surface area contributed by atoms with Gasteiger partial charge < -0.3 is 5.73 Å². The van der Waals surface area contributed by atoms with Gasteiger partial charge in [-0.1, -0.05) is 11.6 Å². The maximum absolute atomic E-state index is 13.5. The summed E-state index contributed by atoms with van der Waals surface area (Å²) in [6.07, 6.45) is 4.04. The Labute approximate surface area is 142 Å². The van der Waals surface area contributed by atoms with Crippen LogP contribution in [0.4, 0.5) is 4.39 Å². The van der Waals surface area contributed by atoms with Crippen molar-refractivity contribution in [1.82, 2.24) is 29.7 Å². The first-order valence-corrected chi connectivity index (χ1v) is 7.73. The number of hydrogen-bond acceptors (Lipinski definition) is 6. The number of hydrogen-bond donors (Lipinski definition) is 2. The van der Waals surface area contributed by atoms with Gasteiger partial charge >= 0.3 is 0 Å². The van der Waals surface area contributed by atoms with Crippen LogP contribution in [0.2, 0.25) is 5.15 Å². The molecule has 4 aromatic heterocycles. The van der Waals surface area contributed by atoms with E-state index in [1.165, 1.54) is 18.6 Å². The zero-order valence-electron chi connectivity index (χ0n) is 11.7. The second kappa shape index (κ2) is 5.35. The number of aromatic amines is 1. The molecular formula is C13H7ClFN7OS. The number of nitrogens with two attached hydrogens (primary N) is 1. The lowest BCUT2D eigenvalue weighted by Crippen LogP contribution is -2.10. The maximum Gasteiger partial charge on any atom is 0.277 e. The van der Waals surface area contributed by atoms with Crippen molar-refractivity contribution >= 4 is 39.2 Å². The zero-order valence-corrected chi connectivity index (χ0v) is 13.3. The molecule has 0 aliphatic carbocycles. The topological polar surface area (TPSA) is 115 Å². The van der Waals surface area contributed by atoms with Crippen LogP contribution >= 0.6 is 22.9 Å². The van der Waals surface area contributed by atoms with Gasteiger partial charge in [0.15, 0.2) is 16.5 Å². The third-order valence-corrected chi connectivity index (χ3v) is 4.62. The van der Waals surface area contributed by atoms with Gasteiger partial charge in [0, 0.05) is 5.56 Å². The van der Waals surface area contributed by atoms with Crippen LogP contribution in [0.15, 0.2) is 24.8 Å². The summed E-state index contributed by atoms with van der Waals surface area (Å²) in [5, 5.41) is 7.19. The van der Waals surface area contributed by atoms with Gasteiger partial charge in [-0.2, -0.15) is 5.10 Å². The number of primary amides is 1. The monoisotopic (exact) mass is 363 g/mol. The van der Waals surface area contributed by atoms with Crippen LogP contribution in [-0.4, -0.2) is 35.6 Å². The van der Waals surface area contributed by atoms with Crippen molar-refractivity contribution in [3.8, 4) is 17.1 Å². The van der Waals surface area contributed by atoms with E-state index in [0.29, 0.717) is 27.4 Å². The van der Waals surface area contributed by atoms with E-state index in [1.54, 1.807) is 4.57 Å². The van der Waals surface area contributed by atoms with Gasteiger partial charge in [-0.25, -0.2) is 19.3 Å². The Morgan fingerprint density at radius 1 is 1.42 bits per heavy atom. The van der Waals surface area contributed by atoms with E-state index in [2.05, 4.69) is 25.1 Å². The summed E-state index contributed by atoms with van der Waals surface area (Å²) in [4.78, 5) is 23.2. The molecule has 4 heterocycles. The summed E-state index contributed by atoms with van der Waals surface area (Å²) in [7, 11) is 0. The minimum Gasteiger partial charge on any atom is -0.364 e. The Hall–Kier alpha value is -2.85. The molecule has 0 radical (unpaired) electrons. The molecule has 0 bridgehead atoms. The second-order valence-corrected chi connectivity index (χ2v) is 6.11. The number of aromatic nitrogens is 6. The van der Waals surface area contributed by atoms with Gasteiger partial charge in [-0.3, -0.25) is 14.5 Å². The molecule has 3 N–H and O–H groups in total. The SMILES string of the molecule is NC(=O)c1nc2[nH]nc(-n3cncc3-c3cc(F)cnc3Cl)c2s1. The molecule has 0 atom stereocenters. The van der Waals surface area contributed by atoms with E-state index in [0.717, 1.165) is 17.5 Å². The number of nitrogens with one attached hydrogen (secondary N) is 1. The van der Waals surface area contributed by atoms with Crippen LogP contribution in [0.3, 0.4) is 0 Å². The lowest BCUT2D eigenvalue weighted by Gasteiger charge is -2.06. The van der Waals surface area contributed by atoms with Crippen LogP contribution in [0.5, 0.6) is 0 Å². The predicted octanol–water partition coefficient (Wildman–Crippen LogP) is 2.16. The van der Waals surface area contributed by atoms with Crippen molar-refractivity contribution in [1.29, 1.82) is 0 Å². The highest BCUT2D eigenvalue weighted by Gasteiger charge is 2.19. The number of carbonyl (C=O) groups is 1. The number of carbonyl (C=O) groups excluding carboxylic acids is 1. The molecule has 0 aliphatic rings. The molecule has 1 amide bonds. The van der Waals surface area contributed by atoms with Crippen LogP contribution < -0.4 is 5.73 Å². The Kier molecular flexibility index (Phi) is 3.28. The summed E-state index contributed by atoms with van der Waals surface area (Å²) >= 11 is 7.16. The lowest BCUT2D eigenvalue weighted by atomic mass is 10.2. The minimum atomic E-state index is -0.626. The molecule has 0 aliphatic heterocycles. The smallest absolute Gasteiger partial charge is 0.277 e. The molecule has 4 rings (SSSR count). The number of thiazole rings is 1. The summed E-state index contributed by atoms with van der Waals surface area (Å²) in [6, 6.07) is 1.26. The van der Waals surface area contributed by atoms with Crippen LogP contribution in [0, 0.1) is 5.82 Å². The highest BCUT2D eigenvalue weighted by molar-refractivity contribution is 7.20. The summed E-state index contributed by atoms with van der Waals surface area (Å²) in [5.41, 5.74) is 6.53. The number of H-pyrrole nitrogens is 1. The summed E-state index contributed by atoms with van der Waals surface area (Å²) in [5.74, 6) is -0.704. The molecule has 0 saturated carbocycles. The number of imidazole rings is 1. The molecule has 0 fully saturated rings. The van der Waals surface area contributed by atoms with Crippen LogP contribution in [0.25, 0.3) is 27.4 Å².